The van der Waals surface area contributed by atoms with Gasteiger partial charge < -0.3 is 10.6 Å². The van der Waals surface area contributed by atoms with Crippen molar-refractivity contribution in [2.75, 3.05) is 31.5 Å². The van der Waals surface area contributed by atoms with E-state index in [0.717, 1.165) is 4.47 Å². The number of hydrogen-bond acceptors (Lipinski definition) is 4. The molecule has 1 aromatic heterocycles. The van der Waals surface area contributed by atoms with E-state index in [1.807, 2.05) is 5.32 Å². The summed E-state index contributed by atoms with van der Waals surface area (Å²) in [6.07, 6.45) is -1.52. The minimum absolute atomic E-state index is 0.156. The Morgan fingerprint density at radius 2 is 2.12 bits per heavy atom. The van der Waals surface area contributed by atoms with Gasteiger partial charge in [-0.1, -0.05) is 0 Å². The minimum atomic E-state index is -4.43. The summed E-state index contributed by atoms with van der Waals surface area (Å²) >= 11 is 3.25. The summed E-state index contributed by atoms with van der Waals surface area (Å²) in [5.41, 5.74) is 0. The van der Waals surface area contributed by atoms with E-state index in [4.69, 9.17) is 0 Å². The van der Waals surface area contributed by atoms with E-state index >= 15 is 0 Å². The maximum atomic E-state index is 12.3. The standard InChI is InChI=1S/C15H18BrF3N4O2/c16-11-3-4-12(20-6-11)22-14(25)10-2-1-5-23(7-10)8-13(24)21-9-15(17,18)19/h3-4,6,10H,1-2,5,7-9H2,(H,21,24)(H,20,22,25). The number of nitrogens with one attached hydrogen (secondary N) is 2. The van der Waals surface area contributed by atoms with Crippen LogP contribution in [-0.2, 0) is 9.59 Å². The molecule has 0 aliphatic carbocycles. The number of piperidine rings is 1. The van der Waals surface area contributed by atoms with Crippen LogP contribution in [0.2, 0.25) is 0 Å². The van der Waals surface area contributed by atoms with E-state index in [1.165, 1.54) is 0 Å². The molecule has 6 nitrogen and oxygen atoms in total. The van der Waals surface area contributed by atoms with Crippen LogP contribution in [0.25, 0.3) is 0 Å². The zero-order chi connectivity index (χ0) is 18.4. The van der Waals surface area contributed by atoms with Crippen molar-refractivity contribution >= 4 is 33.6 Å². The summed E-state index contributed by atoms with van der Waals surface area (Å²) in [7, 11) is 0. The van der Waals surface area contributed by atoms with Crippen LogP contribution in [0.1, 0.15) is 12.8 Å². The number of nitrogens with zero attached hydrogens (tertiary/aromatic N) is 2. The maximum absolute atomic E-state index is 12.3. The van der Waals surface area contributed by atoms with Gasteiger partial charge >= 0.3 is 6.18 Å². The number of amides is 2. The number of aromatic nitrogens is 1. The number of alkyl halides is 3. The van der Waals surface area contributed by atoms with Gasteiger partial charge in [0.2, 0.25) is 11.8 Å². The summed E-state index contributed by atoms with van der Waals surface area (Å²) in [5, 5.41) is 4.55. The lowest BCUT2D eigenvalue weighted by atomic mass is 9.97. The molecule has 2 rings (SSSR count). The van der Waals surface area contributed by atoms with Gasteiger partial charge in [-0.05, 0) is 47.4 Å². The van der Waals surface area contributed by atoms with Crippen LogP contribution in [0.3, 0.4) is 0 Å². The van der Waals surface area contributed by atoms with Crippen LogP contribution >= 0.6 is 15.9 Å². The Bertz CT molecular complexity index is 610. The lowest BCUT2D eigenvalue weighted by Crippen LogP contribution is -2.46. The molecule has 1 aliphatic heterocycles. The number of pyridine rings is 1. The van der Waals surface area contributed by atoms with Crippen LogP contribution in [0, 0.1) is 5.92 Å². The van der Waals surface area contributed by atoms with Gasteiger partial charge in [0.1, 0.15) is 12.4 Å². The molecule has 0 radical (unpaired) electrons. The second-order valence-corrected chi connectivity index (χ2v) is 6.73. The van der Waals surface area contributed by atoms with Gasteiger partial charge in [0.15, 0.2) is 0 Å². The van der Waals surface area contributed by atoms with Crippen molar-refractivity contribution in [1.29, 1.82) is 0 Å². The normalized spacial score (nSPS) is 18.6. The van der Waals surface area contributed by atoms with Crippen molar-refractivity contribution in [1.82, 2.24) is 15.2 Å². The van der Waals surface area contributed by atoms with Gasteiger partial charge in [-0.25, -0.2) is 4.98 Å². The molecule has 1 aliphatic rings. The Hall–Kier alpha value is -1.68. The summed E-state index contributed by atoms with van der Waals surface area (Å²) in [4.78, 5) is 29.6. The number of anilines is 1. The predicted octanol–water partition coefficient (Wildman–Crippen LogP) is 2.17. The van der Waals surface area contributed by atoms with Crippen molar-refractivity contribution in [3.63, 3.8) is 0 Å². The van der Waals surface area contributed by atoms with Crippen molar-refractivity contribution in [2.24, 2.45) is 5.92 Å². The fourth-order valence-corrected chi connectivity index (χ4v) is 2.78. The van der Waals surface area contributed by atoms with Gasteiger partial charge in [-0.2, -0.15) is 13.2 Å². The SMILES string of the molecule is O=C(CN1CCCC(C(=O)Nc2ccc(Br)cn2)C1)NCC(F)(F)F. The van der Waals surface area contributed by atoms with E-state index < -0.39 is 18.6 Å². The molecule has 2 heterocycles. The topological polar surface area (TPSA) is 74.3 Å². The smallest absolute Gasteiger partial charge is 0.346 e. The van der Waals surface area contributed by atoms with Crippen LogP contribution in [-0.4, -0.2) is 54.1 Å². The van der Waals surface area contributed by atoms with Crippen LogP contribution < -0.4 is 10.6 Å². The lowest BCUT2D eigenvalue weighted by Gasteiger charge is -2.31. The second-order valence-electron chi connectivity index (χ2n) is 5.82. The molecule has 0 spiro atoms. The van der Waals surface area contributed by atoms with Gasteiger partial charge in [0.05, 0.1) is 12.5 Å². The van der Waals surface area contributed by atoms with Crippen molar-refractivity contribution < 1.29 is 22.8 Å². The third-order valence-electron chi connectivity index (χ3n) is 3.71. The number of halogens is 4. The third-order valence-corrected chi connectivity index (χ3v) is 4.18. The highest BCUT2D eigenvalue weighted by Crippen LogP contribution is 2.19. The van der Waals surface area contributed by atoms with Crippen LogP contribution in [0.15, 0.2) is 22.8 Å². The molecule has 0 aromatic carbocycles. The molecule has 0 bridgehead atoms. The number of hydrogen-bond donors (Lipinski definition) is 2. The minimum Gasteiger partial charge on any atom is -0.346 e. The molecule has 2 amide bonds. The average Bonchev–Trinajstić information content (AvgIpc) is 2.55. The molecule has 1 atom stereocenters. The van der Waals surface area contributed by atoms with Gasteiger partial charge in [-0.3, -0.25) is 14.5 Å². The predicted molar refractivity (Wildman–Crippen MR) is 88.8 cm³/mol. The zero-order valence-electron chi connectivity index (χ0n) is 13.3. The van der Waals surface area contributed by atoms with Crippen molar-refractivity contribution in [2.45, 2.75) is 19.0 Å². The van der Waals surface area contributed by atoms with Gasteiger partial charge in [0, 0.05) is 17.2 Å². The summed E-state index contributed by atoms with van der Waals surface area (Å²) < 4.78 is 37.1. The first kappa shape index (κ1) is 19.6. The van der Waals surface area contributed by atoms with Crippen molar-refractivity contribution in [3.05, 3.63) is 22.8 Å². The summed E-state index contributed by atoms with van der Waals surface area (Å²) in [6, 6.07) is 3.41. The second kappa shape index (κ2) is 8.61. The van der Waals surface area contributed by atoms with Gasteiger partial charge in [-0.15, -0.1) is 0 Å². The largest absolute Gasteiger partial charge is 0.405 e. The third kappa shape index (κ3) is 6.99. The average molecular weight is 423 g/mol. The highest BCUT2D eigenvalue weighted by Gasteiger charge is 2.30. The van der Waals surface area contributed by atoms with E-state index in [1.54, 1.807) is 23.2 Å². The Morgan fingerprint density at radius 3 is 2.76 bits per heavy atom. The first-order chi connectivity index (χ1) is 11.7. The van der Waals surface area contributed by atoms with Crippen molar-refractivity contribution in [3.8, 4) is 0 Å². The summed E-state index contributed by atoms with van der Waals surface area (Å²) in [5.74, 6) is -0.828. The highest BCUT2D eigenvalue weighted by molar-refractivity contribution is 9.10. The molecule has 2 N–H and O–H groups in total. The van der Waals surface area contributed by atoms with E-state index in [9.17, 15) is 22.8 Å². The molecule has 138 valence electrons. The fraction of sp³-hybridized carbons (Fsp3) is 0.533. The van der Waals surface area contributed by atoms with Gasteiger partial charge in [0.25, 0.3) is 0 Å². The molecule has 1 fully saturated rings. The zero-order valence-corrected chi connectivity index (χ0v) is 14.9. The lowest BCUT2D eigenvalue weighted by molar-refractivity contribution is -0.139. The first-order valence-corrected chi connectivity index (χ1v) is 8.50. The summed E-state index contributed by atoms with van der Waals surface area (Å²) in [6.45, 7) is -0.614. The Kier molecular flexibility index (Phi) is 6.77. The maximum Gasteiger partial charge on any atom is 0.405 e. The monoisotopic (exact) mass is 422 g/mol. The first-order valence-electron chi connectivity index (χ1n) is 7.71. The molecule has 10 heteroatoms. The number of rotatable bonds is 5. The fourth-order valence-electron chi connectivity index (χ4n) is 2.55. The number of likely N-dealkylation sites (tertiary alicyclic amines) is 1. The van der Waals surface area contributed by atoms with Crippen LogP contribution in [0.4, 0.5) is 19.0 Å². The molecular formula is C15H18BrF3N4O2. The van der Waals surface area contributed by atoms with E-state index in [2.05, 4.69) is 26.2 Å². The molecule has 1 saturated heterocycles. The molecular weight excluding hydrogens is 405 g/mol. The van der Waals surface area contributed by atoms with Crippen LogP contribution in [0.5, 0.6) is 0 Å². The molecule has 0 saturated carbocycles. The van der Waals surface area contributed by atoms with E-state index in [0.29, 0.717) is 31.7 Å². The van der Waals surface area contributed by atoms with E-state index in [-0.39, 0.29) is 18.4 Å². The number of carbonyl (C=O) groups excluding carboxylic acids is 2. The highest BCUT2D eigenvalue weighted by atomic mass is 79.9. The Labute approximate surface area is 151 Å². The Morgan fingerprint density at radius 1 is 1.36 bits per heavy atom. The molecule has 1 aromatic rings. The number of carbonyl (C=O) groups is 2. The molecule has 25 heavy (non-hydrogen) atoms. The Balaban J connectivity index is 1.82. The molecule has 1 unspecified atom stereocenters. The quantitative estimate of drug-likeness (QED) is 0.762.